The smallest absolute Gasteiger partial charge is 0.205 e. The van der Waals surface area contributed by atoms with Gasteiger partial charge in [0.15, 0.2) is 0 Å². The minimum Gasteiger partial charge on any atom is -0.205 e. The Hall–Kier alpha value is -0.0300. The Morgan fingerprint density at radius 2 is 2.20 bits per heavy atom. The van der Waals surface area contributed by atoms with Crippen molar-refractivity contribution in [3.05, 3.63) is 15.0 Å². The quantitative estimate of drug-likeness (QED) is 0.719. The molecule has 1 nitrogen and oxygen atoms in total. The number of nitrogens with zero attached hydrogens (tertiary/aromatic N) is 1. The van der Waals surface area contributed by atoms with Crippen LogP contribution in [0.5, 0.6) is 0 Å². The van der Waals surface area contributed by atoms with Crippen LogP contribution in [0.4, 0.5) is 8.78 Å². The Balaban J connectivity index is 3.10. The average molecular weight is 228 g/mol. The first-order valence-electron chi connectivity index (χ1n) is 2.52. The maximum absolute atomic E-state index is 12.1. The summed E-state index contributed by atoms with van der Waals surface area (Å²) in [5, 5.41) is 0. The van der Waals surface area contributed by atoms with E-state index in [4.69, 9.17) is 0 Å². The van der Waals surface area contributed by atoms with Crippen molar-refractivity contribution >= 4 is 27.5 Å². The molecule has 0 N–H and O–H groups in total. The van der Waals surface area contributed by atoms with Crippen molar-refractivity contribution in [1.29, 1.82) is 0 Å². The molecule has 0 radical (unpaired) electrons. The van der Waals surface area contributed by atoms with Crippen LogP contribution in [0.2, 0.25) is 0 Å². The van der Waals surface area contributed by atoms with Crippen molar-refractivity contribution in [2.45, 2.75) is 13.3 Å². The molecule has 1 aromatic rings. The van der Waals surface area contributed by atoms with E-state index < -0.39 is 6.43 Å². The van der Waals surface area contributed by atoms with E-state index in [1.807, 2.05) is 0 Å². The zero-order valence-electron chi connectivity index (χ0n) is 5.07. The predicted octanol–water partition coefficient (Wildman–Crippen LogP) is 3.15. The second kappa shape index (κ2) is 2.92. The number of aromatic nitrogens is 1. The number of halogens is 3. The minimum absolute atomic E-state index is 0.0185. The van der Waals surface area contributed by atoms with Crippen molar-refractivity contribution < 1.29 is 8.78 Å². The summed E-state index contributed by atoms with van der Waals surface area (Å²) < 4.78 is 28.3. The summed E-state index contributed by atoms with van der Waals surface area (Å²) in [6.45, 7) is 1.57. The monoisotopic (exact) mass is 227 g/mol. The van der Waals surface area contributed by atoms with E-state index >= 15 is 0 Å². The summed E-state index contributed by atoms with van der Waals surface area (Å²) in [6, 6.07) is 0. The van der Waals surface area contributed by atoms with E-state index in [1.165, 1.54) is 0 Å². The highest BCUT2D eigenvalue weighted by atomic mass is 79.9. The molecule has 10 heavy (non-hydrogen) atoms. The number of rotatable bonds is 1. The van der Waals surface area contributed by atoms with Gasteiger partial charge in [-0.3, -0.25) is 0 Å². The van der Waals surface area contributed by atoms with Crippen LogP contribution in [-0.4, -0.2) is 4.37 Å². The summed E-state index contributed by atoms with van der Waals surface area (Å²) in [5.74, 6) is 0. The first kappa shape index (κ1) is 8.07. The topological polar surface area (TPSA) is 12.9 Å². The SMILES string of the molecule is Cc1nsc(Br)c1C(F)F. The van der Waals surface area contributed by atoms with E-state index in [9.17, 15) is 8.78 Å². The molecule has 0 saturated carbocycles. The van der Waals surface area contributed by atoms with Crippen LogP contribution in [0.3, 0.4) is 0 Å². The first-order valence-corrected chi connectivity index (χ1v) is 4.09. The molecule has 0 bridgehead atoms. The number of aryl methyl sites for hydroxylation is 1. The fourth-order valence-corrected chi connectivity index (χ4v) is 1.92. The average Bonchev–Trinajstić information content (AvgIpc) is 2.11. The van der Waals surface area contributed by atoms with Gasteiger partial charge in [0.05, 0.1) is 15.0 Å². The van der Waals surface area contributed by atoms with Crippen LogP contribution in [0.15, 0.2) is 3.79 Å². The van der Waals surface area contributed by atoms with Crippen LogP contribution in [-0.2, 0) is 0 Å². The van der Waals surface area contributed by atoms with E-state index in [0.29, 0.717) is 9.48 Å². The molecule has 0 aliphatic heterocycles. The number of hydrogen-bond acceptors (Lipinski definition) is 2. The van der Waals surface area contributed by atoms with Crippen molar-refractivity contribution in [1.82, 2.24) is 4.37 Å². The summed E-state index contributed by atoms with van der Waals surface area (Å²) in [5.41, 5.74) is 0.428. The van der Waals surface area contributed by atoms with E-state index in [-0.39, 0.29) is 5.56 Å². The molecule has 0 spiro atoms. The first-order chi connectivity index (χ1) is 4.63. The third-order valence-corrected chi connectivity index (χ3v) is 2.69. The normalized spacial score (nSPS) is 10.9. The molecule has 5 heteroatoms. The molecule has 0 aromatic carbocycles. The molecule has 1 rings (SSSR count). The lowest BCUT2D eigenvalue weighted by Crippen LogP contribution is -1.84. The Bertz CT molecular complexity index is 216. The molecule has 0 aliphatic rings. The van der Waals surface area contributed by atoms with E-state index in [2.05, 4.69) is 20.3 Å². The van der Waals surface area contributed by atoms with Crippen molar-refractivity contribution in [2.75, 3.05) is 0 Å². The fraction of sp³-hybridized carbons (Fsp3) is 0.400. The highest BCUT2D eigenvalue weighted by molar-refractivity contribution is 9.11. The largest absolute Gasteiger partial charge is 0.267 e. The highest BCUT2D eigenvalue weighted by Gasteiger charge is 2.17. The van der Waals surface area contributed by atoms with Gasteiger partial charge in [0.2, 0.25) is 0 Å². The fourth-order valence-electron chi connectivity index (χ4n) is 0.593. The van der Waals surface area contributed by atoms with Gasteiger partial charge in [-0.25, -0.2) is 8.78 Å². The van der Waals surface area contributed by atoms with E-state index in [0.717, 1.165) is 11.5 Å². The van der Waals surface area contributed by atoms with Crippen LogP contribution in [0.1, 0.15) is 17.7 Å². The Morgan fingerprint density at radius 1 is 1.60 bits per heavy atom. The molecule has 1 heterocycles. The third-order valence-electron chi connectivity index (χ3n) is 1.08. The Labute approximate surface area is 69.4 Å². The lowest BCUT2D eigenvalue weighted by atomic mass is 10.3. The van der Waals surface area contributed by atoms with Gasteiger partial charge < -0.3 is 0 Å². The maximum Gasteiger partial charge on any atom is 0.267 e. The van der Waals surface area contributed by atoms with Gasteiger partial charge in [-0.15, -0.1) is 0 Å². The lowest BCUT2D eigenvalue weighted by Gasteiger charge is -1.94. The third kappa shape index (κ3) is 1.34. The molecular formula is C5H4BrF2NS. The second-order valence-electron chi connectivity index (χ2n) is 1.76. The molecule has 56 valence electrons. The Morgan fingerprint density at radius 3 is 2.40 bits per heavy atom. The summed E-state index contributed by atoms with van der Waals surface area (Å²) in [6.07, 6.45) is -2.42. The second-order valence-corrected chi connectivity index (χ2v) is 3.85. The molecule has 0 atom stereocenters. The molecule has 0 saturated heterocycles. The van der Waals surface area contributed by atoms with Crippen molar-refractivity contribution in [3.8, 4) is 0 Å². The molecule has 0 fully saturated rings. The van der Waals surface area contributed by atoms with Crippen LogP contribution >= 0.6 is 27.5 Å². The minimum atomic E-state index is -2.42. The number of hydrogen-bond donors (Lipinski definition) is 0. The van der Waals surface area contributed by atoms with Crippen molar-refractivity contribution in [2.24, 2.45) is 0 Å². The van der Waals surface area contributed by atoms with Gasteiger partial charge >= 0.3 is 0 Å². The lowest BCUT2D eigenvalue weighted by molar-refractivity contribution is 0.150. The number of alkyl halides is 2. The summed E-state index contributed by atoms with van der Waals surface area (Å²) in [4.78, 5) is 0. The van der Waals surface area contributed by atoms with Crippen LogP contribution in [0.25, 0.3) is 0 Å². The van der Waals surface area contributed by atoms with Crippen molar-refractivity contribution in [3.63, 3.8) is 0 Å². The molecule has 1 aromatic heterocycles. The standard InChI is InChI=1S/C5H4BrF2NS/c1-2-3(5(7)8)4(6)10-9-2/h5H,1H3. The zero-order chi connectivity index (χ0) is 7.72. The van der Waals surface area contributed by atoms with Gasteiger partial charge in [-0.2, -0.15) is 4.37 Å². The van der Waals surface area contributed by atoms with Gasteiger partial charge in [0, 0.05) is 0 Å². The van der Waals surface area contributed by atoms with Gasteiger partial charge in [-0.05, 0) is 34.4 Å². The maximum atomic E-state index is 12.1. The summed E-state index contributed by atoms with van der Waals surface area (Å²) >= 11 is 4.04. The van der Waals surface area contributed by atoms with Crippen LogP contribution in [0, 0.1) is 6.92 Å². The zero-order valence-corrected chi connectivity index (χ0v) is 7.47. The van der Waals surface area contributed by atoms with Gasteiger partial charge in [0.25, 0.3) is 6.43 Å². The predicted molar refractivity (Wildman–Crippen MR) is 39.5 cm³/mol. The van der Waals surface area contributed by atoms with Crippen LogP contribution < -0.4 is 0 Å². The summed E-state index contributed by atoms with van der Waals surface area (Å²) in [7, 11) is 0. The molecule has 0 amide bonds. The van der Waals surface area contributed by atoms with Gasteiger partial charge in [0.1, 0.15) is 0 Å². The Kier molecular flexibility index (Phi) is 2.36. The molecule has 0 aliphatic carbocycles. The van der Waals surface area contributed by atoms with E-state index in [1.54, 1.807) is 6.92 Å². The molecular weight excluding hydrogens is 224 g/mol. The highest BCUT2D eigenvalue weighted by Crippen LogP contribution is 2.32. The van der Waals surface area contributed by atoms with Gasteiger partial charge in [-0.1, -0.05) is 0 Å². The molecule has 0 unspecified atom stereocenters.